The van der Waals surface area contributed by atoms with Crippen molar-refractivity contribution in [2.24, 2.45) is 0 Å². The Morgan fingerprint density at radius 2 is 1.76 bits per heavy atom. The van der Waals surface area contributed by atoms with E-state index in [1.807, 2.05) is 0 Å². The Morgan fingerprint density at radius 3 is 2.48 bits per heavy atom. The number of nitrogens with zero attached hydrogens (tertiary/aromatic N) is 5. The highest BCUT2D eigenvalue weighted by atomic mass is 35.5. The quantitative estimate of drug-likeness (QED) is 0.852. The van der Waals surface area contributed by atoms with E-state index in [-0.39, 0.29) is 11.4 Å². The summed E-state index contributed by atoms with van der Waals surface area (Å²) in [5.41, 5.74) is 0. The van der Waals surface area contributed by atoms with Crippen LogP contribution in [0.25, 0.3) is 0 Å². The summed E-state index contributed by atoms with van der Waals surface area (Å²) < 4.78 is 5.70. The fraction of sp³-hybridized carbons (Fsp3) is 0.786. The topological polar surface area (TPSA) is 54.4 Å². The van der Waals surface area contributed by atoms with Crippen LogP contribution < -0.4 is 9.80 Å². The number of anilines is 2. The first-order chi connectivity index (χ1) is 10.3. The maximum absolute atomic E-state index is 6.11. The second-order valence-corrected chi connectivity index (χ2v) is 5.94. The standard InChI is InChI=1S/C14H22ClN5O/c1-2-11-10-20(8-9-21-11)14-17-12(15)16-13(18-14)19-6-4-3-5-7-19/h11H,2-10H2,1H3. The Bertz CT molecular complexity index is 480. The molecule has 1 unspecified atom stereocenters. The van der Waals surface area contributed by atoms with Gasteiger partial charge in [0.05, 0.1) is 12.7 Å². The molecule has 6 nitrogen and oxygen atoms in total. The average Bonchev–Trinajstić information content (AvgIpc) is 2.55. The molecule has 2 aliphatic heterocycles. The molecule has 0 bridgehead atoms. The molecule has 2 saturated heterocycles. The van der Waals surface area contributed by atoms with E-state index in [1.165, 1.54) is 19.3 Å². The molecule has 0 amide bonds. The van der Waals surface area contributed by atoms with Crippen LogP contribution in [-0.2, 0) is 4.74 Å². The molecule has 0 aliphatic carbocycles. The van der Waals surface area contributed by atoms with Crippen molar-refractivity contribution < 1.29 is 4.74 Å². The minimum absolute atomic E-state index is 0.243. The van der Waals surface area contributed by atoms with E-state index in [1.54, 1.807) is 0 Å². The van der Waals surface area contributed by atoms with E-state index in [0.717, 1.165) is 32.6 Å². The molecule has 0 radical (unpaired) electrons. The van der Waals surface area contributed by atoms with E-state index in [4.69, 9.17) is 16.3 Å². The molecule has 21 heavy (non-hydrogen) atoms. The van der Waals surface area contributed by atoms with Crippen molar-refractivity contribution in [2.45, 2.75) is 38.7 Å². The van der Waals surface area contributed by atoms with Gasteiger partial charge < -0.3 is 14.5 Å². The molecular weight excluding hydrogens is 290 g/mol. The van der Waals surface area contributed by atoms with Gasteiger partial charge in [0.25, 0.3) is 0 Å². The number of hydrogen-bond acceptors (Lipinski definition) is 6. The first kappa shape index (κ1) is 14.8. The molecule has 7 heteroatoms. The Hall–Kier alpha value is -1.14. The number of morpholine rings is 1. The molecule has 0 saturated carbocycles. The minimum Gasteiger partial charge on any atom is -0.375 e. The highest BCUT2D eigenvalue weighted by Crippen LogP contribution is 2.21. The maximum atomic E-state index is 6.11. The Kier molecular flexibility index (Phi) is 4.75. The second kappa shape index (κ2) is 6.75. The molecule has 3 heterocycles. The third-order valence-corrected chi connectivity index (χ3v) is 4.27. The van der Waals surface area contributed by atoms with E-state index >= 15 is 0 Å². The van der Waals surface area contributed by atoms with E-state index in [2.05, 4.69) is 31.7 Å². The zero-order valence-corrected chi connectivity index (χ0v) is 13.2. The molecule has 2 fully saturated rings. The number of ether oxygens (including phenoxy) is 1. The first-order valence-electron chi connectivity index (χ1n) is 7.79. The van der Waals surface area contributed by atoms with E-state index in [0.29, 0.717) is 18.5 Å². The molecule has 0 aromatic carbocycles. The number of piperidine rings is 1. The monoisotopic (exact) mass is 311 g/mol. The van der Waals surface area contributed by atoms with Crippen molar-refractivity contribution in [3.05, 3.63) is 5.28 Å². The van der Waals surface area contributed by atoms with Crippen molar-refractivity contribution >= 4 is 23.5 Å². The summed E-state index contributed by atoms with van der Waals surface area (Å²) in [6, 6.07) is 0. The van der Waals surface area contributed by atoms with Crippen LogP contribution >= 0.6 is 11.6 Å². The normalized spacial score (nSPS) is 23.4. The number of halogens is 1. The van der Waals surface area contributed by atoms with Crippen LogP contribution in [0.2, 0.25) is 5.28 Å². The Labute approximate surface area is 130 Å². The van der Waals surface area contributed by atoms with Gasteiger partial charge in [0.1, 0.15) is 0 Å². The molecule has 116 valence electrons. The largest absolute Gasteiger partial charge is 0.375 e. The highest BCUT2D eigenvalue weighted by molar-refractivity contribution is 6.28. The van der Waals surface area contributed by atoms with Gasteiger partial charge in [0.15, 0.2) is 0 Å². The third-order valence-electron chi connectivity index (χ3n) is 4.10. The van der Waals surface area contributed by atoms with E-state index < -0.39 is 0 Å². The number of aromatic nitrogens is 3. The molecule has 1 aromatic heterocycles. The van der Waals surface area contributed by atoms with Crippen LogP contribution in [0.4, 0.5) is 11.9 Å². The predicted molar refractivity (Wildman–Crippen MR) is 83.1 cm³/mol. The lowest BCUT2D eigenvalue weighted by atomic mass is 10.1. The van der Waals surface area contributed by atoms with Crippen molar-refractivity contribution in [1.82, 2.24) is 15.0 Å². The lowest BCUT2D eigenvalue weighted by Crippen LogP contribution is -2.43. The molecule has 1 atom stereocenters. The van der Waals surface area contributed by atoms with Gasteiger partial charge in [-0.3, -0.25) is 0 Å². The van der Waals surface area contributed by atoms with Crippen LogP contribution in [0.3, 0.4) is 0 Å². The molecule has 0 N–H and O–H groups in total. The van der Waals surface area contributed by atoms with Gasteiger partial charge in [-0.15, -0.1) is 0 Å². The summed E-state index contributed by atoms with van der Waals surface area (Å²) in [5, 5.41) is 0.278. The summed E-state index contributed by atoms with van der Waals surface area (Å²) in [6.07, 6.45) is 4.90. The van der Waals surface area contributed by atoms with Crippen molar-refractivity contribution in [1.29, 1.82) is 0 Å². The first-order valence-corrected chi connectivity index (χ1v) is 8.17. The van der Waals surface area contributed by atoms with E-state index in [9.17, 15) is 0 Å². The number of rotatable bonds is 3. The van der Waals surface area contributed by atoms with Crippen LogP contribution in [0.1, 0.15) is 32.6 Å². The fourth-order valence-electron chi connectivity index (χ4n) is 2.85. The average molecular weight is 312 g/mol. The minimum atomic E-state index is 0.243. The Balaban J connectivity index is 1.80. The van der Waals surface area contributed by atoms with Crippen LogP contribution in [0.5, 0.6) is 0 Å². The summed E-state index contributed by atoms with van der Waals surface area (Å²) in [6.45, 7) is 6.46. The van der Waals surface area contributed by atoms with Gasteiger partial charge in [-0.1, -0.05) is 6.92 Å². The molecule has 3 rings (SSSR count). The fourth-order valence-corrected chi connectivity index (χ4v) is 3.01. The second-order valence-electron chi connectivity index (χ2n) is 5.60. The van der Waals surface area contributed by atoms with Crippen molar-refractivity contribution in [2.75, 3.05) is 42.6 Å². The van der Waals surface area contributed by atoms with Crippen LogP contribution in [-0.4, -0.2) is 53.8 Å². The van der Waals surface area contributed by atoms with Gasteiger partial charge in [-0.05, 0) is 37.3 Å². The highest BCUT2D eigenvalue weighted by Gasteiger charge is 2.23. The Morgan fingerprint density at radius 1 is 1.05 bits per heavy atom. The molecule has 0 spiro atoms. The summed E-state index contributed by atoms with van der Waals surface area (Å²) in [4.78, 5) is 17.6. The van der Waals surface area contributed by atoms with Gasteiger partial charge in [0.2, 0.25) is 17.2 Å². The van der Waals surface area contributed by atoms with Crippen LogP contribution in [0, 0.1) is 0 Å². The third kappa shape index (κ3) is 3.55. The molecule has 1 aromatic rings. The molecule has 2 aliphatic rings. The smallest absolute Gasteiger partial charge is 0.231 e. The maximum Gasteiger partial charge on any atom is 0.231 e. The van der Waals surface area contributed by atoms with Gasteiger partial charge >= 0.3 is 0 Å². The van der Waals surface area contributed by atoms with Crippen molar-refractivity contribution in [3.8, 4) is 0 Å². The lowest BCUT2D eigenvalue weighted by molar-refractivity contribution is 0.0378. The van der Waals surface area contributed by atoms with Crippen molar-refractivity contribution in [3.63, 3.8) is 0 Å². The zero-order valence-electron chi connectivity index (χ0n) is 12.5. The number of hydrogen-bond donors (Lipinski definition) is 0. The summed E-state index contributed by atoms with van der Waals surface area (Å²) in [5.74, 6) is 1.39. The van der Waals surface area contributed by atoms with Gasteiger partial charge in [-0.2, -0.15) is 15.0 Å². The molecular formula is C14H22ClN5O. The van der Waals surface area contributed by atoms with Gasteiger partial charge in [0, 0.05) is 26.2 Å². The summed E-state index contributed by atoms with van der Waals surface area (Å²) >= 11 is 6.11. The summed E-state index contributed by atoms with van der Waals surface area (Å²) in [7, 11) is 0. The SMILES string of the molecule is CCC1CN(c2nc(Cl)nc(N3CCCCC3)n2)CCO1. The van der Waals surface area contributed by atoms with Gasteiger partial charge in [-0.25, -0.2) is 0 Å². The zero-order chi connectivity index (χ0) is 14.7. The predicted octanol–water partition coefficient (Wildman–Crippen LogP) is 2.13. The van der Waals surface area contributed by atoms with Crippen LogP contribution in [0.15, 0.2) is 0 Å². The lowest BCUT2D eigenvalue weighted by Gasteiger charge is -2.33.